The van der Waals surface area contributed by atoms with Crippen molar-refractivity contribution in [2.45, 2.75) is 33.6 Å². The monoisotopic (exact) mass is 486 g/mol. The Labute approximate surface area is 210 Å². The first-order valence-corrected chi connectivity index (χ1v) is 12.2. The first kappa shape index (κ1) is 25.1. The number of nitrogens with zero attached hydrogens (tertiary/aromatic N) is 4. The van der Waals surface area contributed by atoms with Gasteiger partial charge in [0.2, 0.25) is 0 Å². The van der Waals surface area contributed by atoms with E-state index in [0.29, 0.717) is 45.9 Å². The Hall–Kier alpha value is -3.99. The van der Waals surface area contributed by atoms with E-state index in [4.69, 9.17) is 10.4 Å². The minimum absolute atomic E-state index is 0.0695. The molecule has 186 valence electrons. The van der Waals surface area contributed by atoms with E-state index in [1.807, 2.05) is 6.07 Å². The van der Waals surface area contributed by atoms with E-state index in [1.165, 1.54) is 22.9 Å². The van der Waals surface area contributed by atoms with Crippen LogP contribution in [0.5, 0.6) is 0 Å². The minimum Gasteiger partial charge on any atom is -0.388 e. The number of nitrogens with one attached hydrogen (secondary N) is 2. The lowest BCUT2D eigenvalue weighted by Crippen LogP contribution is -2.41. The maximum absolute atomic E-state index is 14.7. The summed E-state index contributed by atoms with van der Waals surface area (Å²) in [6.07, 6.45) is 3.36. The molecule has 0 saturated carbocycles. The standard InChI is InChI=1S/C28H31FN6O/c1-5-19-10-11-34(16-17(19)2)26-18(3)28(36)35(23-8-9-25(32-4)22(12-23)15-31)27(33-26)20-6-7-21(14-30)24(29)13-20/h6-9,12-13,15,17,19,31-32H,5,10-11,16H2,1-4H3. The SMILES string of the molecule is CCC1CCN(c2nc(-c3ccc(C#N)c(F)c3)n(-c3ccc(NC)c(C=N)c3)c(=O)c2C)CC1C. The molecule has 2 heterocycles. The smallest absolute Gasteiger partial charge is 0.263 e. The molecule has 2 atom stereocenters. The molecule has 1 aliphatic heterocycles. The Morgan fingerprint density at radius 2 is 2.08 bits per heavy atom. The number of aromatic nitrogens is 2. The van der Waals surface area contributed by atoms with E-state index < -0.39 is 5.82 Å². The summed E-state index contributed by atoms with van der Waals surface area (Å²) < 4.78 is 16.1. The first-order chi connectivity index (χ1) is 17.3. The van der Waals surface area contributed by atoms with Crippen LogP contribution in [0.2, 0.25) is 0 Å². The van der Waals surface area contributed by atoms with Crippen LogP contribution in [-0.2, 0) is 0 Å². The number of benzene rings is 2. The van der Waals surface area contributed by atoms with Gasteiger partial charge < -0.3 is 15.6 Å². The van der Waals surface area contributed by atoms with E-state index in [-0.39, 0.29) is 11.1 Å². The third kappa shape index (κ3) is 4.49. The second-order valence-corrected chi connectivity index (χ2v) is 9.38. The summed E-state index contributed by atoms with van der Waals surface area (Å²) in [6, 6.07) is 11.4. The van der Waals surface area contributed by atoms with Gasteiger partial charge in [-0.3, -0.25) is 9.36 Å². The minimum atomic E-state index is -0.666. The fourth-order valence-electron chi connectivity index (χ4n) is 5.11. The van der Waals surface area contributed by atoms with Crippen LogP contribution in [0.1, 0.15) is 43.4 Å². The van der Waals surface area contributed by atoms with Gasteiger partial charge in [0.15, 0.2) is 0 Å². The first-order valence-electron chi connectivity index (χ1n) is 12.2. The van der Waals surface area contributed by atoms with Crippen molar-refractivity contribution >= 4 is 17.7 Å². The third-order valence-electron chi connectivity index (χ3n) is 7.26. The van der Waals surface area contributed by atoms with Gasteiger partial charge in [0, 0.05) is 43.2 Å². The lowest BCUT2D eigenvalue weighted by molar-refractivity contribution is 0.290. The van der Waals surface area contributed by atoms with Gasteiger partial charge in [0.05, 0.1) is 16.8 Å². The van der Waals surface area contributed by atoms with Gasteiger partial charge in [-0.1, -0.05) is 20.3 Å². The molecule has 0 aliphatic carbocycles. The van der Waals surface area contributed by atoms with Crippen LogP contribution in [0.15, 0.2) is 41.2 Å². The van der Waals surface area contributed by atoms with Crippen molar-refractivity contribution in [3.8, 4) is 23.1 Å². The number of hydrogen-bond donors (Lipinski definition) is 2. The van der Waals surface area contributed by atoms with Crippen molar-refractivity contribution in [3.63, 3.8) is 0 Å². The van der Waals surface area contributed by atoms with Crippen molar-refractivity contribution in [1.82, 2.24) is 9.55 Å². The normalized spacial score (nSPS) is 17.5. The van der Waals surface area contributed by atoms with Crippen molar-refractivity contribution in [2.24, 2.45) is 11.8 Å². The van der Waals surface area contributed by atoms with Crippen molar-refractivity contribution in [2.75, 3.05) is 30.4 Å². The molecule has 1 aliphatic rings. The van der Waals surface area contributed by atoms with Crippen molar-refractivity contribution in [1.29, 1.82) is 10.7 Å². The Morgan fingerprint density at radius 3 is 2.69 bits per heavy atom. The molecule has 1 aromatic heterocycles. The summed E-state index contributed by atoms with van der Waals surface area (Å²) in [5, 5.41) is 20.0. The largest absolute Gasteiger partial charge is 0.388 e. The van der Waals surface area contributed by atoms with Gasteiger partial charge in [-0.25, -0.2) is 9.37 Å². The van der Waals surface area contributed by atoms with Gasteiger partial charge >= 0.3 is 0 Å². The predicted molar refractivity (Wildman–Crippen MR) is 142 cm³/mol. The van der Waals surface area contributed by atoms with Crippen molar-refractivity contribution < 1.29 is 4.39 Å². The second-order valence-electron chi connectivity index (χ2n) is 9.38. The van der Waals surface area contributed by atoms with Crippen LogP contribution in [-0.4, -0.2) is 35.9 Å². The van der Waals surface area contributed by atoms with Crippen LogP contribution >= 0.6 is 0 Å². The molecule has 4 rings (SSSR count). The molecule has 36 heavy (non-hydrogen) atoms. The molecule has 0 spiro atoms. The summed E-state index contributed by atoms with van der Waals surface area (Å²) in [5.74, 6) is 1.34. The van der Waals surface area contributed by atoms with Crippen LogP contribution in [0.25, 0.3) is 17.1 Å². The van der Waals surface area contributed by atoms with Crippen LogP contribution < -0.4 is 15.8 Å². The van der Waals surface area contributed by atoms with Crippen LogP contribution in [0.4, 0.5) is 15.9 Å². The molecule has 0 radical (unpaired) electrons. The van der Waals surface area contributed by atoms with E-state index in [0.717, 1.165) is 31.6 Å². The Bertz CT molecular complexity index is 1410. The van der Waals surface area contributed by atoms with Gasteiger partial charge in [-0.05, 0) is 61.6 Å². The number of hydrogen-bond acceptors (Lipinski definition) is 6. The van der Waals surface area contributed by atoms with E-state index in [1.54, 1.807) is 38.2 Å². The number of nitriles is 1. The molecule has 1 fully saturated rings. The fraction of sp³-hybridized carbons (Fsp3) is 0.357. The number of rotatable bonds is 6. The number of anilines is 2. The summed E-state index contributed by atoms with van der Waals surface area (Å²) in [6.45, 7) is 7.82. The zero-order chi connectivity index (χ0) is 26.0. The highest BCUT2D eigenvalue weighted by atomic mass is 19.1. The predicted octanol–water partition coefficient (Wildman–Crippen LogP) is 5.13. The van der Waals surface area contributed by atoms with E-state index in [9.17, 15) is 14.4 Å². The zero-order valence-corrected chi connectivity index (χ0v) is 21.1. The maximum atomic E-state index is 14.7. The van der Waals surface area contributed by atoms with E-state index >= 15 is 0 Å². The highest BCUT2D eigenvalue weighted by molar-refractivity contribution is 5.87. The molecule has 1 saturated heterocycles. The van der Waals surface area contributed by atoms with Crippen LogP contribution in [0.3, 0.4) is 0 Å². The van der Waals surface area contributed by atoms with E-state index in [2.05, 4.69) is 24.1 Å². The molecule has 8 heteroatoms. The average Bonchev–Trinajstić information content (AvgIpc) is 2.89. The van der Waals surface area contributed by atoms with Crippen LogP contribution in [0, 0.1) is 41.3 Å². The van der Waals surface area contributed by atoms with Crippen molar-refractivity contribution in [3.05, 3.63) is 69.3 Å². The molecular weight excluding hydrogens is 455 g/mol. The fourth-order valence-corrected chi connectivity index (χ4v) is 5.11. The molecule has 2 N–H and O–H groups in total. The lowest BCUT2D eigenvalue weighted by Gasteiger charge is -2.38. The Balaban J connectivity index is 1.95. The molecule has 0 amide bonds. The highest BCUT2D eigenvalue weighted by Gasteiger charge is 2.28. The summed E-state index contributed by atoms with van der Waals surface area (Å²) in [4.78, 5) is 21.0. The summed E-state index contributed by atoms with van der Waals surface area (Å²) in [7, 11) is 1.77. The Morgan fingerprint density at radius 1 is 1.31 bits per heavy atom. The lowest BCUT2D eigenvalue weighted by atomic mass is 9.85. The average molecular weight is 487 g/mol. The highest BCUT2D eigenvalue weighted by Crippen LogP contribution is 2.32. The molecule has 2 unspecified atom stereocenters. The van der Waals surface area contributed by atoms with Gasteiger partial charge in [-0.2, -0.15) is 5.26 Å². The zero-order valence-electron chi connectivity index (χ0n) is 21.1. The topological polar surface area (TPSA) is 97.8 Å². The molecule has 0 bridgehead atoms. The molecule has 3 aromatic rings. The maximum Gasteiger partial charge on any atom is 0.263 e. The second kappa shape index (κ2) is 10.3. The quantitative estimate of drug-likeness (QED) is 0.471. The molecular formula is C28H31FN6O. The van der Waals surface area contributed by atoms with Gasteiger partial charge in [0.25, 0.3) is 5.56 Å². The van der Waals surface area contributed by atoms with Gasteiger partial charge in [0.1, 0.15) is 23.5 Å². The van der Waals surface area contributed by atoms with Gasteiger partial charge in [-0.15, -0.1) is 0 Å². The number of halogens is 1. The summed E-state index contributed by atoms with van der Waals surface area (Å²) in [5.41, 5.74) is 2.48. The summed E-state index contributed by atoms with van der Waals surface area (Å²) >= 11 is 0. The Kier molecular flexibility index (Phi) is 7.20. The third-order valence-corrected chi connectivity index (χ3v) is 7.26. The number of piperidine rings is 1. The molecule has 7 nitrogen and oxygen atoms in total. The molecule has 2 aromatic carbocycles.